The predicted molar refractivity (Wildman–Crippen MR) is 44.5 cm³/mol. The van der Waals surface area contributed by atoms with E-state index in [2.05, 4.69) is 9.97 Å². The number of fused-ring (bicyclic) bond motifs is 1. The van der Waals surface area contributed by atoms with E-state index >= 15 is 0 Å². The van der Waals surface area contributed by atoms with Crippen LogP contribution < -0.4 is 0 Å². The average Bonchev–Trinajstić information content (AvgIpc) is 2.07. The van der Waals surface area contributed by atoms with Crippen molar-refractivity contribution in [2.45, 2.75) is 0 Å². The molecule has 2 rings (SSSR count). The van der Waals surface area contributed by atoms with Gasteiger partial charge in [0.1, 0.15) is 22.8 Å². The summed E-state index contributed by atoms with van der Waals surface area (Å²) in [5.41, 5.74) is 0.0291. The molecule has 0 fully saturated rings. The monoisotopic (exact) mass is 200 g/mol. The lowest BCUT2D eigenvalue weighted by Crippen LogP contribution is -1.89. The van der Waals surface area contributed by atoms with E-state index in [1.54, 1.807) is 0 Å². The normalized spacial score (nSPS) is 10.7. The second-order valence-electron chi connectivity index (χ2n) is 2.45. The van der Waals surface area contributed by atoms with Crippen LogP contribution in [0.4, 0.5) is 8.78 Å². The molecule has 1 aromatic heterocycles. The molecule has 0 aliphatic heterocycles. The number of benzene rings is 1. The van der Waals surface area contributed by atoms with Crippen LogP contribution >= 0.6 is 11.6 Å². The minimum atomic E-state index is -0.737. The first-order valence-electron chi connectivity index (χ1n) is 3.44. The van der Waals surface area contributed by atoms with Gasteiger partial charge < -0.3 is 0 Å². The number of hydrogen-bond acceptors (Lipinski definition) is 2. The van der Waals surface area contributed by atoms with Gasteiger partial charge in [-0.2, -0.15) is 0 Å². The van der Waals surface area contributed by atoms with Crippen molar-refractivity contribution in [1.82, 2.24) is 9.97 Å². The van der Waals surface area contributed by atoms with Crippen LogP contribution in [-0.2, 0) is 0 Å². The average molecular weight is 201 g/mol. The predicted octanol–water partition coefficient (Wildman–Crippen LogP) is 2.56. The second kappa shape index (κ2) is 2.88. The van der Waals surface area contributed by atoms with Crippen LogP contribution in [0.15, 0.2) is 18.5 Å². The van der Waals surface area contributed by atoms with Gasteiger partial charge in [0.2, 0.25) is 0 Å². The zero-order chi connectivity index (χ0) is 9.42. The second-order valence-corrected chi connectivity index (χ2v) is 2.81. The van der Waals surface area contributed by atoms with Crippen molar-refractivity contribution in [1.29, 1.82) is 0 Å². The van der Waals surface area contributed by atoms with Gasteiger partial charge in [0, 0.05) is 11.5 Å². The molecule has 0 bridgehead atoms. The van der Waals surface area contributed by atoms with E-state index in [-0.39, 0.29) is 16.1 Å². The number of aromatic nitrogens is 2. The van der Waals surface area contributed by atoms with Crippen LogP contribution in [-0.4, -0.2) is 9.97 Å². The highest BCUT2D eigenvalue weighted by atomic mass is 35.5. The Bertz CT molecular complexity index is 473. The van der Waals surface area contributed by atoms with Crippen LogP contribution in [0.5, 0.6) is 0 Å². The first-order chi connectivity index (χ1) is 6.18. The molecule has 66 valence electrons. The largest absolute Gasteiger partial charge is 0.233 e. The molecule has 0 atom stereocenters. The van der Waals surface area contributed by atoms with Crippen molar-refractivity contribution in [2.24, 2.45) is 0 Å². The minimum Gasteiger partial charge on any atom is -0.233 e. The minimum absolute atomic E-state index is 0.0291. The molecule has 13 heavy (non-hydrogen) atoms. The van der Waals surface area contributed by atoms with E-state index in [0.29, 0.717) is 0 Å². The van der Waals surface area contributed by atoms with Gasteiger partial charge in [-0.05, 0) is 6.07 Å². The number of hydrogen-bond donors (Lipinski definition) is 0. The summed E-state index contributed by atoms with van der Waals surface area (Å²) in [5, 5.41) is 0.227. The molecule has 0 spiro atoms. The maximum Gasteiger partial charge on any atom is 0.152 e. The standard InChI is InChI=1S/C8H3ClF2N2/c9-8-5-1-4(10)2-6(11)7(5)12-3-13-8/h1-3H. The summed E-state index contributed by atoms with van der Waals surface area (Å²) in [7, 11) is 0. The molecule has 0 saturated carbocycles. The molecule has 5 heteroatoms. The Hall–Kier alpha value is -1.29. The maximum atomic E-state index is 13.0. The summed E-state index contributed by atoms with van der Waals surface area (Å²) in [6.45, 7) is 0. The molecular weight excluding hydrogens is 198 g/mol. The molecule has 0 saturated heterocycles. The first kappa shape index (κ1) is 8.31. The highest BCUT2D eigenvalue weighted by Crippen LogP contribution is 2.22. The van der Waals surface area contributed by atoms with Crippen LogP contribution in [0.3, 0.4) is 0 Å². The molecule has 0 unspecified atom stereocenters. The van der Waals surface area contributed by atoms with Gasteiger partial charge in [-0.25, -0.2) is 18.7 Å². The van der Waals surface area contributed by atoms with E-state index in [4.69, 9.17) is 11.6 Å². The molecule has 1 heterocycles. The van der Waals surface area contributed by atoms with Crippen molar-refractivity contribution in [2.75, 3.05) is 0 Å². The number of halogens is 3. The summed E-state index contributed by atoms with van der Waals surface area (Å²) in [4.78, 5) is 7.26. The molecule has 0 N–H and O–H groups in total. The summed E-state index contributed by atoms with van der Waals surface area (Å²) < 4.78 is 25.8. The molecule has 0 radical (unpaired) electrons. The molecule has 2 aromatic rings. The number of rotatable bonds is 0. The van der Waals surface area contributed by atoms with Gasteiger partial charge >= 0.3 is 0 Å². The van der Waals surface area contributed by atoms with Crippen molar-refractivity contribution in [3.05, 3.63) is 35.2 Å². The summed E-state index contributed by atoms with van der Waals surface area (Å²) in [6, 6.07) is 1.85. The van der Waals surface area contributed by atoms with Crippen LogP contribution in [0.1, 0.15) is 0 Å². The van der Waals surface area contributed by atoms with Crippen molar-refractivity contribution in [3.8, 4) is 0 Å². The van der Waals surface area contributed by atoms with Crippen molar-refractivity contribution >= 4 is 22.5 Å². The molecule has 2 nitrogen and oxygen atoms in total. The Kier molecular flexibility index (Phi) is 1.84. The molecule has 0 aliphatic rings. The van der Waals surface area contributed by atoms with Crippen molar-refractivity contribution < 1.29 is 8.78 Å². The highest BCUT2D eigenvalue weighted by molar-refractivity contribution is 6.34. The fourth-order valence-electron chi connectivity index (χ4n) is 1.06. The van der Waals surface area contributed by atoms with Gasteiger partial charge in [-0.15, -0.1) is 0 Å². The Balaban J connectivity index is 2.94. The first-order valence-corrected chi connectivity index (χ1v) is 3.81. The van der Waals surface area contributed by atoms with Gasteiger partial charge in [-0.1, -0.05) is 11.6 Å². The van der Waals surface area contributed by atoms with Crippen LogP contribution in [0.2, 0.25) is 5.15 Å². The smallest absolute Gasteiger partial charge is 0.152 e. The summed E-state index contributed by atoms with van der Waals surface area (Å²) in [5.74, 6) is -1.43. The van der Waals surface area contributed by atoms with Crippen molar-refractivity contribution in [3.63, 3.8) is 0 Å². The van der Waals surface area contributed by atoms with Crippen LogP contribution in [0, 0.1) is 11.6 Å². The lowest BCUT2D eigenvalue weighted by molar-refractivity contribution is 0.590. The highest BCUT2D eigenvalue weighted by Gasteiger charge is 2.07. The lowest BCUT2D eigenvalue weighted by Gasteiger charge is -1.99. The fourth-order valence-corrected chi connectivity index (χ4v) is 1.25. The van der Waals surface area contributed by atoms with E-state index in [9.17, 15) is 8.78 Å². The maximum absolute atomic E-state index is 13.0. The molecule has 0 aliphatic carbocycles. The number of nitrogens with zero attached hydrogens (tertiary/aromatic N) is 2. The van der Waals surface area contributed by atoms with Gasteiger partial charge in [0.25, 0.3) is 0 Å². The van der Waals surface area contributed by atoms with Gasteiger partial charge in [0.05, 0.1) is 0 Å². The Morgan fingerprint density at radius 2 is 1.92 bits per heavy atom. The molecular formula is C8H3ClF2N2. The Morgan fingerprint density at radius 1 is 1.15 bits per heavy atom. The third-order valence-electron chi connectivity index (χ3n) is 1.61. The zero-order valence-electron chi connectivity index (χ0n) is 6.26. The van der Waals surface area contributed by atoms with E-state index in [1.807, 2.05) is 0 Å². The quantitative estimate of drug-likeness (QED) is 0.611. The van der Waals surface area contributed by atoms with Crippen LogP contribution in [0.25, 0.3) is 10.9 Å². The van der Waals surface area contributed by atoms with E-state index < -0.39 is 11.6 Å². The Morgan fingerprint density at radius 3 is 2.69 bits per heavy atom. The summed E-state index contributed by atoms with van der Waals surface area (Å²) >= 11 is 5.62. The topological polar surface area (TPSA) is 25.8 Å². The molecule has 1 aromatic carbocycles. The third-order valence-corrected chi connectivity index (χ3v) is 1.91. The SMILES string of the molecule is Fc1cc(F)c2ncnc(Cl)c2c1. The summed E-state index contributed by atoms with van der Waals surface area (Å²) in [6.07, 6.45) is 1.13. The van der Waals surface area contributed by atoms with E-state index in [1.165, 1.54) is 0 Å². The lowest BCUT2D eigenvalue weighted by atomic mass is 10.2. The Labute approximate surface area is 77.2 Å². The fraction of sp³-hybridized carbons (Fsp3) is 0. The van der Waals surface area contributed by atoms with Gasteiger partial charge in [0.15, 0.2) is 5.82 Å². The third kappa shape index (κ3) is 1.33. The zero-order valence-corrected chi connectivity index (χ0v) is 7.02. The molecule has 0 amide bonds. The van der Waals surface area contributed by atoms with E-state index in [0.717, 1.165) is 18.5 Å². The van der Waals surface area contributed by atoms with Gasteiger partial charge in [-0.3, -0.25) is 0 Å².